The maximum absolute atomic E-state index is 9.27. The van der Waals surface area contributed by atoms with Crippen molar-refractivity contribution in [3.05, 3.63) is 24.3 Å². The van der Waals surface area contributed by atoms with Crippen LogP contribution in [0.25, 0.3) is 0 Å². The van der Waals surface area contributed by atoms with Crippen molar-refractivity contribution in [3.63, 3.8) is 0 Å². The van der Waals surface area contributed by atoms with Crippen LogP contribution in [-0.4, -0.2) is 37.7 Å². The highest BCUT2D eigenvalue weighted by molar-refractivity contribution is 8.08. The van der Waals surface area contributed by atoms with E-state index in [9.17, 15) is 5.11 Å². The van der Waals surface area contributed by atoms with Crippen LogP contribution in [0.15, 0.2) is 24.3 Å². The molecule has 1 aliphatic carbocycles. The molecule has 0 amide bonds. The number of hydrogen-bond donors (Lipinski definition) is 4. The third-order valence-electron chi connectivity index (χ3n) is 1.40. The molecule has 2 atom stereocenters. The Hall–Kier alpha value is -0.265. The zero-order chi connectivity index (χ0) is 9.19. The number of thioether (sulfide) groups is 1. The van der Waals surface area contributed by atoms with Gasteiger partial charge in [0.15, 0.2) is 0 Å². The molecule has 0 spiro atoms. The van der Waals surface area contributed by atoms with Crippen LogP contribution >= 0.6 is 11.8 Å². The van der Waals surface area contributed by atoms with E-state index in [0.717, 1.165) is 0 Å². The predicted molar refractivity (Wildman–Crippen MR) is 47.0 cm³/mol. The minimum Gasteiger partial charge on any atom is -0.402 e. The first-order valence-electron chi connectivity index (χ1n) is 3.35. The molecule has 1 fully saturated rings. The summed E-state index contributed by atoms with van der Waals surface area (Å²) in [6.45, 7) is 0. The molecule has 1 saturated heterocycles. The van der Waals surface area contributed by atoms with Crippen LogP contribution in [-0.2, 0) is 0 Å². The fourth-order valence-corrected chi connectivity index (χ4v) is 1.66. The third-order valence-corrected chi connectivity index (χ3v) is 2.68. The lowest BCUT2D eigenvalue weighted by Gasteiger charge is -1.98. The molecule has 4 nitrogen and oxygen atoms in total. The summed E-state index contributed by atoms with van der Waals surface area (Å²) in [4.78, 5) is -0.505. The maximum atomic E-state index is 9.27. The molecule has 4 N–H and O–H groups in total. The number of aliphatic hydroxyl groups is 1. The van der Waals surface area contributed by atoms with E-state index in [4.69, 9.17) is 15.1 Å². The molecule has 0 aromatic rings. The quantitative estimate of drug-likeness (QED) is 0.285. The largest absolute Gasteiger partial charge is 0.631 e. The Kier molecular flexibility index (Phi) is 2.97. The first kappa shape index (κ1) is 9.82. The first-order valence-corrected chi connectivity index (χ1v) is 4.23. The molecule has 12 heavy (non-hydrogen) atoms. The Morgan fingerprint density at radius 2 is 1.83 bits per heavy atom. The van der Waals surface area contributed by atoms with Gasteiger partial charge in [-0.05, 0) is 6.08 Å². The molecule has 0 bridgehead atoms. The van der Waals surface area contributed by atoms with Gasteiger partial charge < -0.3 is 20.2 Å². The number of rotatable bonds is 0. The Morgan fingerprint density at radius 3 is 2.17 bits per heavy atom. The van der Waals surface area contributed by atoms with E-state index in [0.29, 0.717) is 5.25 Å². The lowest BCUT2D eigenvalue weighted by molar-refractivity contribution is 0.228. The van der Waals surface area contributed by atoms with Gasteiger partial charge in [0.05, 0.1) is 5.25 Å². The molecule has 1 aliphatic heterocycles. The molecule has 0 aromatic heterocycles. The van der Waals surface area contributed by atoms with Crippen molar-refractivity contribution in [1.29, 1.82) is 0 Å². The van der Waals surface area contributed by atoms with Crippen LogP contribution in [0, 0.1) is 0 Å². The highest BCUT2D eigenvalue weighted by Crippen LogP contribution is 2.54. The lowest BCUT2D eigenvalue weighted by Crippen LogP contribution is -2.08. The number of allylic oxidation sites excluding steroid dienone is 2. The topological polar surface area (TPSA) is 80.9 Å². The summed E-state index contributed by atoms with van der Waals surface area (Å²) in [6.07, 6.45) is 7.71. The second kappa shape index (κ2) is 3.63. The molecular weight excluding hydrogens is 179 g/mol. The zero-order valence-electron chi connectivity index (χ0n) is 6.16. The standard InChI is InChI=1S/C6H6OS.BH3O3/c7-6-4-2-1-3-5(6)8-6;2-1(3)4/h1-5,7H;2-4H. The summed E-state index contributed by atoms with van der Waals surface area (Å²) >= 11 is 1.58. The molecule has 1 heterocycles. The van der Waals surface area contributed by atoms with Gasteiger partial charge in [-0.1, -0.05) is 18.2 Å². The van der Waals surface area contributed by atoms with Crippen LogP contribution in [0.3, 0.4) is 0 Å². The highest BCUT2D eigenvalue weighted by atomic mass is 32.2. The van der Waals surface area contributed by atoms with E-state index in [1.165, 1.54) is 0 Å². The van der Waals surface area contributed by atoms with E-state index in [1.54, 1.807) is 11.8 Å². The van der Waals surface area contributed by atoms with E-state index in [2.05, 4.69) is 0 Å². The third kappa shape index (κ3) is 2.65. The summed E-state index contributed by atoms with van der Waals surface area (Å²) in [5, 5.41) is 31.1. The van der Waals surface area contributed by atoms with Crippen molar-refractivity contribution in [2.75, 3.05) is 0 Å². The predicted octanol–water partition coefficient (Wildman–Crippen LogP) is -1.14. The van der Waals surface area contributed by atoms with Crippen molar-refractivity contribution >= 4 is 19.1 Å². The van der Waals surface area contributed by atoms with Crippen molar-refractivity contribution in [2.45, 2.75) is 10.2 Å². The van der Waals surface area contributed by atoms with Gasteiger partial charge in [0.25, 0.3) is 0 Å². The van der Waals surface area contributed by atoms with Crippen LogP contribution in [0.5, 0.6) is 0 Å². The second-order valence-corrected chi connectivity index (χ2v) is 3.78. The highest BCUT2D eigenvalue weighted by Gasteiger charge is 2.51. The lowest BCUT2D eigenvalue weighted by atomic mass is 10.1. The first-order chi connectivity index (χ1) is 5.54. The monoisotopic (exact) mass is 188 g/mol. The minimum atomic E-state index is -2.17. The molecule has 6 heteroatoms. The van der Waals surface area contributed by atoms with E-state index < -0.39 is 12.3 Å². The molecule has 2 aliphatic rings. The van der Waals surface area contributed by atoms with Gasteiger partial charge in [-0.3, -0.25) is 0 Å². The summed E-state index contributed by atoms with van der Waals surface area (Å²) in [5.74, 6) is 0. The van der Waals surface area contributed by atoms with E-state index >= 15 is 0 Å². The second-order valence-electron chi connectivity index (χ2n) is 2.38. The van der Waals surface area contributed by atoms with Crippen molar-refractivity contribution < 1.29 is 20.2 Å². The molecule has 2 rings (SSSR count). The fourth-order valence-electron chi connectivity index (χ4n) is 0.839. The van der Waals surface area contributed by atoms with Crippen molar-refractivity contribution in [2.24, 2.45) is 0 Å². The fraction of sp³-hybridized carbons (Fsp3) is 0.333. The van der Waals surface area contributed by atoms with Gasteiger partial charge in [-0.25, -0.2) is 0 Å². The van der Waals surface area contributed by atoms with Crippen LogP contribution in [0.4, 0.5) is 0 Å². The Labute approximate surface area is 74.4 Å². The summed E-state index contributed by atoms with van der Waals surface area (Å²) in [5.41, 5.74) is 0. The number of hydrogen-bond acceptors (Lipinski definition) is 5. The van der Waals surface area contributed by atoms with Crippen molar-refractivity contribution in [1.82, 2.24) is 0 Å². The SMILES string of the molecule is OB(O)O.OC12C=CC=CC1S2. The average Bonchev–Trinajstić information content (AvgIpc) is 2.58. The minimum absolute atomic E-state index is 0.354. The smallest absolute Gasteiger partial charge is 0.402 e. The normalized spacial score (nSPS) is 34.8. The average molecular weight is 188 g/mol. The number of fused-ring (bicyclic) bond motifs is 1. The maximum Gasteiger partial charge on any atom is 0.631 e. The van der Waals surface area contributed by atoms with Gasteiger partial charge in [-0.2, -0.15) is 0 Å². The molecule has 2 unspecified atom stereocenters. The van der Waals surface area contributed by atoms with Gasteiger partial charge in [-0.15, -0.1) is 11.8 Å². The van der Waals surface area contributed by atoms with Gasteiger partial charge >= 0.3 is 7.32 Å². The Balaban J connectivity index is 0.000000157. The van der Waals surface area contributed by atoms with Gasteiger partial charge in [0, 0.05) is 0 Å². The zero-order valence-corrected chi connectivity index (χ0v) is 6.98. The van der Waals surface area contributed by atoms with Crippen LogP contribution in [0.2, 0.25) is 0 Å². The van der Waals surface area contributed by atoms with Gasteiger partial charge in [0.1, 0.15) is 4.93 Å². The Morgan fingerprint density at radius 1 is 1.25 bits per heavy atom. The van der Waals surface area contributed by atoms with Crippen LogP contribution < -0.4 is 0 Å². The molecule has 0 radical (unpaired) electrons. The molecule has 0 saturated carbocycles. The molecule has 0 aromatic carbocycles. The molecular formula is C6H9BO4S. The Bertz CT molecular complexity index is 215. The summed E-state index contributed by atoms with van der Waals surface area (Å²) in [6, 6.07) is 0. The van der Waals surface area contributed by atoms with Crippen LogP contribution in [0.1, 0.15) is 0 Å². The summed E-state index contributed by atoms with van der Waals surface area (Å²) in [7, 11) is -2.17. The van der Waals surface area contributed by atoms with Crippen molar-refractivity contribution in [3.8, 4) is 0 Å². The van der Waals surface area contributed by atoms with E-state index in [-0.39, 0.29) is 0 Å². The van der Waals surface area contributed by atoms with E-state index in [1.807, 2.05) is 24.3 Å². The summed E-state index contributed by atoms with van der Waals surface area (Å²) < 4.78 is 0. The van der Waals surface area contributed by atoms with Gasteiger partial charge in [0.2, 0.25) is 0 Å². The molecule has 66 valence electrons.